The predicted molar refractivity (Wildman–Crippen MR) is 151 cm³/mol. The van der Waals surface area contributed by atoms with Gasteiger partial charge in [0.05, 0.1) is 10.6 Å². The van der Waals surface area contributed by atoms with Gasteiger partial charge < -0.3 is 10.2 Å². The van der Waals surface area contributed by atoms with Crippen molar-refractivity contribution in [3.05, 3.63) is 95.0 Å². The van der Waals surface area contributed by atoms with Gasteiger partial charge in [0.1, 0.15) is 12.6 Å². The van der Waals surface area contributed by atoms with Gasteiger partial charge in [0.15, 0.2) is 0 Å². The molecule has 3 aromatic carbocycles. The molecule has 3 rings (SSSR count). The van der Waals surface area contributed by atoms with Crippen LogP contribution in [0, 0.1) is 12.8 Å². The number of hydrogen-bond acceptors (Lipinski definition) is 4. The predicted octanol–water partition coefficient (Wildman–Crippen LogP) is 5.03. The summed E-state index contributed by atoms with van der Waals surface area (Å²) in [5.74, 6) is -0.568. The fraction of sp³-hybridized carbons (Fsp3) is 0.310. The average molecular weight is 556 g/mol. The fourth-order valence-electron chi connectivity index (χ4n) is 3.95. The van der Waals surface area contributed by atoms with E-state index in [0.717, 1.165) is 9.87 Å². The van der Waals surface area contributed by atoms with Crippen LogP contribution in [0.5, 0.6) is 0 Å². The molecule has 1 N–H and O–H groups in total. The Hall–Kier alpha value is -3.36. The molecule has 0 saturated carbocycles. The fourth-order valence-corrected chi connectivity index (χ4v) is 5.67. The van der Waals surface area contributed by atoms with E-state index in [4.69, 9.17) is 11.6 Å². The maximum Gasteiger partial charge on any atom is 0.264 e. The first-order valence-corrected chi connectivity index (χ1v) is 14.3. The van der Waals surface area contributed by atoms with Gasteiger partial charge in [-0.3, -0.25) is 13.9 Å². The van der Waals surface area contributed by atoms with Crippen LogP contribution in [0.15, 0.2) is 83.8 Å². The zero-order chi connectivity index (χ0) is 27.9. The molecule has 202 valence electrons. The van der Waals surface area contributed by atoms with Crippen LogP contribution < -0.4 is 9.62 Å². The van der Waals surface area contributed by atoms with Crippen molar-refractivity contribution in [2.45, 2.75) is 45.2 Å². The van der Waals surface area contributed by atoms with Gasteiger partial charge in [0, 0.05) is 18.1 Å². The van der Waals surface area contributed by atoms with E-state index >= 15 is 0 Å². The molecule has 1 atom stereocenters. The van der Waals surface area contributed by atoms with Crippen LogP contribution in [0.2, 0.25) is 5.02 Å². The number of nitrogens with zero attached hydrogens (tertiary/aromatic N) is 2. The van der Waals surface area contributed by atoms with E-state index in [1.165, 1.54) is 17.0 Å². The number of amides is 2. The number of carbonyl (C=O) groups is 2. The van der Waals surface area contributed by atoms with Crippen LogP contribution in [0.1, 0.15) is 31.9 Å². The Morgan fingerprint density at radius 1 is 0.921 bits per heavy atom. The van der Waals surface area contributed by atoms with Crippen LogP contribution in [0.4, 0.5) is 5.69 Å². The third-order valence-corrected chi connectivity index (χ3v) is 8.09. The van der Waals surface area contributed by atoms with E-state index in [2.05, 4.69) is 5.32 Å². The average Bonchev–Trinajstić information content (AvgIpc) is 2.90. The number of nitrogens with one attached hydrogen (secondary N) is 1. The zero-order valence-corrected chi connectivity index (χ0v) is 23.7. The smallest absolute Gasteiger partial charge is 0.264 e. The number of halogens is 1. The lowest BCUT2D eigenvalue weighted by molar-refractivity contribution is -0.139. The number of sulfonamides is 1. The minimum atomic E-state index is -4.12. The van der Waals surface area contributed by atoms with Gasteiger partial charge in [-0.15, -0.1) is 0 Å². The quantitative estimate of drug-likeness (QED) is 0.359. The molecular formula is C29H34ClN3O4S. The van der Waals surface area contributed by atoms with E-state index in [1.807, 2.05) is 44.2 Å². The van der Waals surface area contributed by atoms with Crippen molar-refractivity contribution in [2.75, 3.05) is 17.4 Å². The number of rotatable bonds is 11. The molecule has 0 aromatic heterocycles. The van der Waals surface area contributed by atoms with E-state index in [9.17, 15) is 18.0 Å². The third kappa shape index (κ3) is 7.36. The molecule has 0 fully saturated rings. The SMILES string of the molecule is Cc1cc(Cl)ccc1N(CC(=O)N(Cc1ccccc1)[C@H](C)C(=O)NCC(C)C)S(=O)(=O)c1ccccc1. The Morgan fingerprint density at radius 3 is 2.11 bits per heavy atom. The lowest BCUT2D eigenvalue weighted by Crippen LogP contribution is -2.51. The highest BCUT2D eigenvalue weighted by Gasteiger charge is 2.33. The van der Waals surface area contributed by atoms with Crippen molar-refractivity contribution in [2.24, 2.45) is 5.92 Å². The van der Waals surface area contributed by atoms with Crippen LogP contribution >= 0.6 is 11.6 Å². The molecule has 2 amide bonds. The maximum atomic E-state index is 13.9. The Morgan fingerprint density at radius 2 is 1.53 bits per heavy atom. The molecule has 0 aliphatic rings. The van der Waals surface area contributed by atoms with Gasteiger partial charge in [0.25, 0.3) is 10.0 Å². The molecule has 0 spiro atoms. The normalized spacial score (nSPS) is 12.2. The van der Waals surface area contributed by atoms with Crippen molar-refractivity contribution in [1.82, 2.24) is 10.2 Å². The van der Waals surface area contributed by atoms with Gasteiger partial charge in [-0.05, 0) is 61.2 Å². The van der Waals surface area contributed by atoms with Crippen molar-refractivity contribution in [3.8, 4) is 0 Å². The summed E-state index contributed by atoms with van der Waals surface area (Å²) in [5.41, 5.74) is 1.76. The maximum absolute atomic E-state index is 13.9. The number of hydrogen-bond donors (Lipinski definition) is 1. The number of anilines is 1. The third-order valence-electron chi connectivity index (χ3n) is 6.09. The summed E-state index contributed by atoms with van der Waals surface area (Å²) in [6.45, 7) is 7.48. The van der Waals surface area contributed by atoms with E-state index < -0.39 is 28.5 Å². The summed E-state index contributed by atoms with van der Waals surface area (Å²) in [6.07, 6.45) is 0. The van der Waals surface area contributed by atoms with Crippen molar-refractivity contribution < 1.29 is 18.0 Å². The summed E-state index contributed by atoms with van der Waals surface area (Å²) in [5, 5.41) is 3.33. The van der Waals surface area contributed by atoms with Crippen LogP contribution in [-0.2, 0) is 26.2 Å². The van der Waals surface area contributed by atoms with Gasteiger partial charge in [-0.1, -0.05) is 74.0 Å². The number of aryl methyl sites for hydroxylation is 1. The minimum Gasteiger partial charge on any atom is -0.354 e. The van der Waals surface area contributed by atoms with Gasteiger partial charge in [-0.2, -0.15) is 0 Å². The molecule has 0 unspecified atom stereocenters. The lowest BCUT2D eigenvalue weighted by Gasteiger charge is -2.32. The van der Waals surface area contributed by atoms with E-state index in [0.29, 0.717) is 22.8 Å². The molecular weight excluding hydrogens is 522 g/mol. The van der Waals surface area contributed by atoms with Crippen LogP contribution in [-0.4, -0.2) is 44.3 Å². The summed E-state index contributed by atoms with van der Waals surface area (Å²) < 4.78 is 28.7. The monoisotopic (exact) mass is 555 g/mol. The van der Waals surface area contributed by atoms with Crippen LogP contribution in [0.3, 0.4) is 0 Å². The first-order chi connectivity index (χ1) is 18.0. The van der Waals surface area contributed by atoms with Gasteiger partial charge in [-0.25, -0.2) is 8.42 Å². The first-order valence-electron chi connectivity index (χ1n) is 12.5. The van der Waals surface area contributed by atoms with Gasteiger partial charge in [0.2, 0.25) is 11.8 Å². The second kappa shape index (κ2) is 12.9. The number of carbonyl (C=O) groups excluding carboxylic acids is 2. The highest BCUT2D eigenvalue weighted by molar-refractivity contribution is 7.92. The molecule has 38 heavy (non-hydrogen) atoms. The molecule has 0 aliphatic heterocycles. The molecule has 0 bridgehead atoms. The van der Waals surface area contributed by atoms with Crippen molar-refractivity contribution in [1.29, 1.82) is 0 Å². The summed E-state index contributed by atoms with van der Waals surface area (Å²) in [6, 6.07) is 21.3. The molecule has 0 saturated heterocycles. The molecule has 0 radical (unpaired) electrons. The molecule has 0 heterocycles. The second-order valence-corrected chi connectivity index (χ2v) is 11.9. The molecule has 9 heteroatoms. The zero-order valence-electron chi connectivity index (χ0n) is 22.1. The van der Waals surface area contributed by atoms with Crippen molar-refractivity contribution >= 4 is 39.1 Å². The lowest BCUT2D eigenvalue weighted by atomic mass is 10.1. The highest BCUT2D eigenvalue weighted by atomic mass is 35.5. The Labute approximate surface area is 230 Å². The highest BCUT2D eigenvalue weighted by Crippen LogP contribution is 2.29. The van der Waals surface area contributed by atoms with Crippen molar-refractivity contribution in [3.63, 3.8) is 0 Å². The number of benzene rings is 3. The Balaban J connectivity index is 2.02. The molecule has 7 nitrogen and oxygen atoms in total. The Bertz CT molecular complexity index is 1350. The first kappa shape index (κ1) is 29.2. The van der Waals surface area contributed by atoms with Crippen LogP contribution in [0.25, 0.3) is 0 Å². The largest absolute Gasteiger partial charge is 0.354 e. The Kier molecular flexibility index (Phi) is 9.94. The van der Waals surface area contributed by atoms with E-state index in [-0.39, 0.29) is 23.3 Å². The summed E-state index contributed by atoms with van der Waals surface area (Å²) >= 11 is 6.14. The summed E-state index contributed by atoms with van der Waals surface area (Å²) in [7, 11) is -4.12. The topological polar surface area (TPSA) is 86.8 Å². The van der Waals surface area contributed by atoms with Gasteiger partial charge >= 0.3 is 0 Å². The molecule has 3 aromatic rings. The molecule has 0 aliphatic carbocycles. The second-order valence-electron chi connectivity index (χ2n) is 9.58. The van der Waals surface area contributed by atoms with E-state index in [1.54, 1.807) is 50.2 Å². The standard InChI is InChI=1S/C29H34ClN3O4S/c1-21(2)18-31-29(35)23(4)32(19-24-11-7-5-8-12-24)28(34)20-33(27-16-15-25(30)17-22(27)3)38(36,37)26-13-9-6-10-14-26/h5-17,21,23H,18-20H2,1-4H3,(H,31,35)/t23-/m1/s1. The summed E-state index contributed by atoms with van der Waals surface area (Å²) in [4.78, 5) is 28.4. The minimum absolute atomic E-state index is 0.0551.